The number of aromatic nitrogens is 1. The van der Waals surface area contributed by atoms with E-state index in [1.54, 1.807) is 6.07 Å². The molecule has 0 aromatic carbocycles. The summed E-state index contributed by atoms with van der Waals surface area (Å²) >= 11 is 0. The van der Waals surface area contributed by atoms with Crippen LogP contribution in [0.5, 0.6) is 0 Å². The number of aromatic carboxylic acids is 1. The third kappa shape index (κ3) is 1.63. The number of carboxylic acids is 1. The normalized spacial score (nSPS) is 24.1. The average molecular weight is 220 g/mol. The fourth-order valence-electron chi connectivity index (χ4n) is 2.57. The summed E-state index contributed by atoms with van der Waals surface area (Å²) in [6.45, 7) is 1.64. The number of nitrogens with one attached hydrogen (secondary N) is 1. The van der Waals surface area contributed by atoms with Gasteiger partial charge in [0.25, 0.3) is 0 Å². The van der Waals surface area contributed by atoms with Gasteiger partial charge in [0.2, 0.25) is 0 Å². The molecule has 1 aromatic rings. The predicted molar refractivity (Wildman–Crippen MR) is 59.5 cm³/mol. The summed E-state index contributed by atoms with van der Waals surface area (Å²) in [7, 11) is 0. The SMILES string of the molecule is O=C(O)c1ccc2n1CCNC2CC1CC1. The van der Waals surface area contributed by atoms with E-state index in [1.165, 1.54) is 12.8 Å². The predicted octanol–water partition coefficient (Wildman–Crippen LogP) is 1.63. The van der Waals surface area contributed by atoms with Crippen molar-refractivity contribution in [3.63, 3.8) is 0 Å². The van der Waals surface area contributed by atoms with Gasteiger partial charge >= 0.3 is 5.97 Å². The molecule has 0 bridgehead atoms. The molecule has 0 spiro atoms. The van der Waals surface area contributed by atoms with Gasteiger partial charge in [-0.2, -0.15) is 0 Å². The van der Waals surface area contributed by atoms with E-state index in [0.717, 1.165) is 31.1 Å². The molecular weight excluding hydrogens is 204 g/mol. The molecule has 0 saturated heterocycles. The average Bonchev–Trinajstić information content (AvgIpc) is 2.95. The lowest BCUT2D eigenvalue weighted by Gasteiger charge is -2.27. The van der Waals surface area contributed by atoms with E-state index in [2.05, 4.69) is 5.32 Å². The van der Waals surface area contributed by atoms with Gasteiger partial charge in [-0.1, -0.05) is 12.8 Å². The molecule has 86 valence electrons. The molecule has 4 nitrogen and oxygen atoms in total. The van der Waals surface area contributed by atoms with Gasteiger partial charge < -0.3 is 15.0 Å². The summed E-state index contributed by atoms with van der Waals surface area (Å²) in [6, 6.07) is 4.04. The molecule has 0 amide bonds. The van der Waals surface area contributed by atoms with Gasteiger partial charge in [0.05, 0.1) is 0 Å². The lowest BCUT2D eigenvalue weighted by atomic mass is 10.1. The fraction of sp³-hybridized carbons (Fsp3) is 0.583. The van der Waals surface area contributed by atoms with E-state index in [9.17, 15) is 4.79 Å². The minimum Gasteiger partial charge on any atom is -0.477 e. The van der Waals surface area contributed by atoms with Crippen LogP contribution in [0.3, 0.4) is 0 Å². The monoisotopic (exact) mass is 220 g/mol. The molecule has 0 radical (unpaired) electrons. The van der Waals surface area contributed by atoms with E-state index in [4.69, 9.17) is 5.11 Å². The van der Waals surface area contributed by atoms with Crippen molar-refractivity contribution in [2.45, 2.75) is 31.8 Å². The zero-order chi connectivity index (χ0) is 11.1. The second-order valence-corrected chi connectivity index (χ2v) is 4.79. The van der Waals surface area contributed by atoms with Crippen molar-refractivity contribution >= 4 is 5.97 Å². The first-order valence-corrected chi connectivity index (χ1v) is 5.92. The Hall–Kier alpha value is -1.29. The van der Waals surface area contributed by atoms with Crippen LogP contribution in [0.1, 0.15) is 41.5 Å². The van der Waals surface area contributed by atoms with Crippen LogP contribution in [-0.4, -0.2) is 22.2 Å². The van der Waals surface area contributed by atoms with E-state index in [1.807, 2.05) is 10.6 Å². The van der Waals surface area contributed by atoms with Crippen LogP contribution >= 0.6 is 0 Å². The Morgan fingerprint density at radius 2 is 2.31 bits per heavy atom. The topological polar surface area (TPSA) is 54.3 Å². The van der Waals surface area contributed by atoms with Crippen LogP contribution in [0.2, 0.25) is 0 Å². The van der Waals surface area contributed by atoms with Gasteiger partial charge in [-0.15, -0.1) is 0 Å². The molecule has 2 N–H and O–H groups in total. The summed E-state index contributed by atoms with van der Waals surface area (Å²) < 4.78 is 1.95. The van der Waals surface area contributed by atoms with Crippen molar-refractivity contribution in [3.05, 3.63) is 23.5 Å². The van der Waals surface area contributed by atoms with Crippen LogP contribution in [-0.2, 0) is 6.54 Å². The quantitative estimate of drug-likeness (QED) is 0.814. The standard InChI is InChI=1S/C12H16N2O2/c15-12(16)11-4-3-10-9(7-8-1-2-8)13-5-6-14(10)11/h3-4,8-9,13H,1-2,5-7H2,(H,15,16). The zero-order valence-corrected chi connectivity index (χ0v) is 9.15. The van der Waals surface area contributed by atoms with E-state index in [0.29, 0.717) is 11.7 Å². The van der Waals surface area contributed by atoms with Crippen LogP contribution < -0.4 is 5.32 Å². The first kappa shape index (κ1) is 9.90. The molecule has 1 saturated carbocycles. The summed E-state index contributed by atoms with van der Waals surface area (Å²) in [5.74, 6) is 0.0329. The minimum atomic E-state index is -0.821. The third-order valence-corrected chi connectivity index (χ3v) is 3.58. The van der Waals surface area contributed by atoms with Crippen LogP contribution in [0.25, 0.3) is 0 Å². The second kappa shape index (κ2) is 3.63. The van der Waals surface area contributed by atoms with E-state index >= 15 is 0 Å². The van der Waals surface area contributed by atoms with Crippen molar-refractivity contribution < 1.29 is 9.90 Å². The Morgan fingerprint density at radius 1 is 1.50 bits per heavy atom. The van der Waals surface area contributed by atoms with Crippen molar-refractivity contribution in [1.29, 1.82) is 0 Å². The molecule has 2 heterocycles. The third-order valence-electron chi connectivity index (χ3n) is 3.58. The summed E-state index contributed by atoms with van der Waals surface area (Å²) in [5, 5.41) is 12.6. The maximum Gasteiger partial charge on any atom is 0.352 e. The maximum absolute atomic E-state index is 11.0. The van der Waals surface area contributed by atoms with Gasteiger partial charge in [0.1, 0.15) is 5.69 Å². The smallest absolute Gasteiger partial charge is 0.352 e. The Balaban J connectivity index is 1.89. The number of fused-ring (bicyclic) bond motifs is 1. The molecular formula is C12H16N2O2. The van der Waals surface area contributed by atoms with Gasteiger partial charge in [-0.25, -0.2) is 4.79 Å². The zero-order valence-electron chi connectivity index (χ0n) is 9.15. The molecule has 1 aliphatic heterocycles. The molecule has 1 aliphatic carbocycles. The molecule has 2 aliphatic rings. The number of rotatable bonds is 3. The lowest BCUT2D eigenvalue weighted by Crippen LogP contribution is -2.34. The van der Waals surface area contributed by atoms with Gasteiger partial charge in [-0.05, 0) is 24.5 Å². The highest BCUT2D eigenvalue weighted by molar-refractivity contribution is 5.86. The number of carbonyl (C=O) groups is 1. The highest BCUT2D eigenvalue weighted by Gasteiger charge is 2.30. The number of hydrogen-bond acceptors (Lipinski definition) is 2. The van der Waals surface area contributed by atoms with Crippen LogP contribution in [0, 0.1) is 5.92 Å². The summed E-state index contributed by atoms with van der Waals surface area (Å²) in [5.41, 5.74) is 1.58. The number of hydrogen-bond donors (Lipinski definition) is 2. The molecule has 1 atom stereocenters. The Kier molecular flexibility index (Phi) is 2.24. The molecule has 4 heteroatoms. The van der Waals surface area contributed by atoms with Crippen molar-refractivity contribution in [2.75, 3.05) is 6.54 Å². The van der Waals surface area contributed by atoms with Crippen molar-refractivity contribution in [3.8, 4) is 0 Å². The first-order chi connectivity index (χ1) is 7.75. The molecule has 1 fully saturated rings. The van der Waals surface area contributed by atoms with Gasteiger partial charge in [0, 0.05) is 24.8 Å². The molecule has 16 heavy (non-hydrogen) atoms. The second-order valence-electron chi connectivity index (χ2n) is 4.79. The lowest BCUT2D eigenvalue weighted by molar-refractivity contribution is 0.0683. The fourth-order valence-corrected chi connectivity index (χ4v) is 2.57. The van der Waals surface area contributed by atoms with Gasteiger partial charge in [-0.3, -0.25) is 0 Å². The Bertz CT molecular complexity index is 421. The first-order valence-electron chi connectivity index (χ1n) is 5.92. The Morgan fingerprint density at radius 3 is 3.00 bits per heavy atom. The van der Waals surface area contributed by atoms with Crippen LogP contribution in [0.15, 0.2) is 12.1 Å². The number of nitrogens with zero attached hydrogens (tertiary/aromatic N) is 1. The number of carboxylic acid groups (broad SMARTS) is 1. The van der Waals surface area contributed by atoms with Crippen molar-refractivity contribution in [2.24, 2.45) is 5.92 Å². The largest absolute Gasteiger partial charge is 0.477 e. The maximum atomic E-state index is 11.0. The van der Waals surface area contributed by atoms with E-state index < -0.39 is 5.97 Å². The minimum absolute atomic E-state index is 0.356. The summed E-state index contributed by atoms with van der Waals surface area (Å²) in [4.78, 5) is 11.0. The van der Waals surface area contributed by atoms with E-state index in [-0.39, 0.29) is 0 Å². The highest BCUT2D eigenvalue weighted by atomic mass is 16.4. The van der Waals surface area contributed by atoms with Crippen molar-refractivity contribution in [1.82, 2.24) is 9.88 Å². The highest BCUT2D eigenvalue weighted by Crippen LogP contribution is 2.38. The summed E-state index contributed by atoms with van der Waals surface area (Å²) in [6.07, 6.45) is 3.83. The Labute approximate surface area is 94.3 Å². The van der Waals surface area contributed by atoms with Gasteiger partial charge in [0.15, 0.2) is 0 Å². The van der Waals surface area contributed by atoms with Crippen LogP contribution in [0.4, 0.5) is 0 Å². The molecule has 3 rings (SSSR count). The molecule has 1 aromatic heterocycles. The molecule has 1 unspecified atom stereocenters.